The molecule has 16 heavy (non-hydrogen) atoms. The third-order valence-electron chi connectivity index (χ3n) is 3.09. The maximum Gasteiger partial charge on any atom is 0.103 e. The summed E-state index contributed by atoms with van der Waals surface area (Å²) < 4.78 is 0. The average molecular weight is 214 g/mol. The number of aryl methyl sites for hydroxylation is 2. The van der Waals surface area contributed by atoms with E-state index in [1.807, 2.05) is 6.08 Å². The van der Waals surface area contributed by atoms with Crippen LogP contribution in [0.1, 0.15) is 36.1 Å². The van der Waals surface area contributed by atoms with E-state index in [1.54, 1.807) is 6.20 Å². The minimum Gasteiger partial charge on any atom is -0.387 e. The number of aliphatic imine (C=N–C) groups is 1. The van der Waals surface area contributed by atoms with Gasteiger partial charge in [0.2, 0.25) is 0 Å². The van der Waals surface area contributed by atoms with Crippen LogP contribution in [0.25, 0.3) is 6.08 Å². The fourth-order valence-corrected chi connectivity index (χ4v) is 2.18. The monoisotopic (exact) mass is 214 g/mol. The summed E-state index contributed by atoms with van der Waals surface area (Å²) >= 11 is 0. The molecule has 2 N–H and O–H groups in total. The summed E-state index contributed by atoms with van der Waals surface area (Å²) in [5.74, 6) is 0.696. The standard InChI is InChI=1S/C14H18N2/c1-3-10-7-12-5-6-16-14(15)9-13(12)8-11(10)4-2/h5-8H,3-4,9H2,1-2H3,(H2,15,16). The fraction of sp³-hybridized carbons (Fsp3) is 0.357. The second-order valence-electron chi connectivity index (χ2n) is 4.14. The first-order valence-corrected chi connectivity index (χ1v) is 5.88. The molecule has 1 aromatic rings. The lowest BCUT2D eigenvalue weighted by Crippen LogP contribution is -2.14. The van der Waals surface area contributed by atoms with Gasteiger partial charge in [0.1, 0.15) is 5.84 Å². The van der Waals surface area contributed by atoms with Gasteiger partial charge in [0, 0.05) is 12.6 Å². The van der Waals surface area contributed by atoms with Crippen LogP contribution in [0.2, 0.25) is 0 Å². The Morgan fingerprint density at radius 1 is 1.19 bits per heavy atom. The van der Waals surface area contributed by atoms with E-state index in [0.717, 1.165) is 19.3 Å². The van der Waals surface area contributed by atoms with Crippen LogP contribution in [0.3, 0.4) is 0 Å². The first-order chi connectivity index (χ1) is 7.74. The van der Waals surface area contributed by atoms with E-state index in [1.165, 1.54) is 22.3 Å². The summed E-state index contributed by atoms with van der Waals surface area (Å²) in [5.41, 5.74) is 11.2. The molecule has 1 aliphatic rings. The molecule has 0 radical (unpaired) electrons. The van der Waals surface area contributed by atoms with Gasteiger partial charge in [-0.3, -0.25) is 0 Å². The minimum atomic E-state index is 0.696. The van der Waals surface area contributed by atoms with Gasteiger partial charge in [-0.25, -0.2) is 4.99 Å². The highest BCUT2D eigenvalue weighted by Gasteiger charge is 2.09. The van der Waals surface area contributed by atoms with Crippen LogP contribution in [-0.2, 0) is 19.3 Å². The third kappa shape index (κ3) is 2.01. The Balaban J connectivity index is 2.51. The van der Waals surface area contributed by atoms with Gasteiger partial charge < -0.3 is 5.73 Å². The zero-order chi connectivity index (χ0) is 11.5. The van der Waals surface area contributed by atoms with Crippen molar-refractivity contribution in [2.24, 2.45) is 10.7 Å². The largest absolute Gasteiger partial charge is 0.387 e. The van der Waals surface area contributed by atoms with Crippen molar-refractivity contribution >= 4 is 11.9 Å². The second-order valence-corrected chi connectivity index (χ2v) is 4.14. The van der Waals surface area contributed by atoms with E-state index in [2.05, 4.69) is 31.0 Å². The van der Waals surface area contributed by atoms with Gasteiger partial charge >= 0.3 is 0 Å². The normalized spacial score (nSPS) is 14.2. The molecule has 0 bridgehead atoms. The molecule has 2 rings (SSSR count). The topological polar surface area (TPSA) is 38.4 Å². The summed E-state index contributed by atoms with van der Waals surface area (Å²) in [4.78, 5) is 4.16. The van der Waals surface area contributed by atoms with E-state index < -0.39 is 0 Å². The molecule has 2 nitrogen and oxygen atoms in total. The maximum atomic E-state index is 5.81. The smallest absolute Gasteiger partial charge is 0.103 e. The van der Waals surface area contributed by atoms with Crippen LogP contribution in [0.15, 0.2) is 23.3 Å². The molecule has 2 heteroatoms. The first kappa shape index (κ1) is 10.9. The second kappa shape index (κ2) is 4.52. The number of hydrogen-bond donors (Lipinski definition) is 1. The number of rotatable bonds is 2. The zero-order valence-electron chi connectivity index (χ0n) is 9.96. The van der Waals surface area contributed by atoms with E-state index in [9.17, 15) is 0 Å². The van der Waals surface area contributed by atoms with Gasteiger partial charge in [0.15, 0.2) is 0 Å². The molecule has 84 valence electrons. The van der Waals surface area contributed by atoms with Crippen molar-refractivity contribution in [3.63, 3.8) is 0 Å². The predicted molar refractivity (Wildman–Crippen MR) is 69.6 cm³/mol. The molecular weight excluding hydrogens is 196 g/mol. The molecule has 0 aliphatic carbocycles. The molecule has 0 fully saturated rings. The third-order valence-corrected chi connectivity index (χ3v) is 3.09. The Hall–Kier alpha value is -1.57. The average Bonchev–Trinajstić information content (AvgIpc) is 2.47. The van der Waals surface area contributed by atoms with E-state index in [4.69, 9.17) is 5.73 Å². The molecule has 0 aromatic heterocycles. The Morgan fingerprint density at radius 3 is 2.56 bits per heavy atom. The molecule has 0 amide bonds. The highest BCUT2D eigenvalue weighted by molar-refractivity contribution is 5.86. The van der Waals surface area contributed by atoms with Crippen LogP contribution in [0.4, 0.5) is 0 Å². The van der Waals surface area contributed by atoms with E-state index >= 15 is 0 Å². The molecule has 0 saturated heterocycles. The minimum absolute atomic E-state index is 0.696. The van der Waals surface area contributed by atoms with Gasteiger partial charge in [-0.15, -0.1) is 0 Å². The summed E-state index contributed by atoms with van der Waals surface area (Å²) in [6, 6.07) is 4.56. The van der Waals surface area contributed by atoms with Crippen molar-refractivity contribution in [1.82, 2.24) is 0 Å². The van der Waals surface area contributed by atoms with Gasteiger partial charge in [0.05, 0.1) is 0 Å². The number of fused-ring (bicyclic) bond motifs is 1. The Labute approximate surface area is 96.9 Å². The SMILES string of the molecule is CCc1cc2c(cc1CC)CC(N)=NC=C2. The van der Waals surface area contributed by atoms with Gasteiger partial charge in [-0.2, -0.15) is 0 Å². The lowest BCUT2D eigenvalue weighted by atomic mass is 9.94. The quantitative estimate of drug-likeness (QED) is 0.807. The van der Waals surface area contributed by atoms with Crippen molar-refractivity contribution in [2.75, 3.05) is 0 Å². The number of hydrogen-bond acceptors (Lipinski definition) is 2. The summed E-state index contributed by atoms with van der Waals surface area (Å²) in [6.45, 7) is 4.40. The molecule has 1 heterocycles. The van der Waals surface area contributed by atoms with Crippen LogP contribution < -0.4 is 5.73 Å². The number of benzene rings is 1. The van der Waals surface area contributed by atoms with Crippen molar-refractivity contribution in [2.45, 2.75) is 33.1 Å². The van der Waals surface area contributed by atoms with Crippen molar-refractivity contribution in [3.8, 4) is 0 Å². The van der Waals surface area contributed by atoms with Gasteiger partial charge in [-0.1, -0.05) is 26.0 Å². The molecular formula is C14H18N2. The lowest BCUT2D eigenvalue weighted by Gasteiger charge is -2.11. The molecule has 1 aliphatic heterocycles. The van der Waals surface area contributed by atoms with Crippen LogP contribution >= 0.6 is 0 Å². The zero-order valence-corrected chi connectivity index (χ0v) is 9.96. The van der Waals surface area contributed by atoms with E-state index in [0.29, 0.717) is 5.84 Å². The molecule has 0 spiro atoms. The van der Waals surface area contributed by atoms with Crippen LogP contribution in [0.5, 0.6) is 0 Å². The summed E-state index contributed by atoms with van der Waals surface area (Å²) in [6.07, 6.45) is 6.77. The Kier molecular flexibility index (Phi) is 3.09. The molecule has 0 atom stereocenters. The highest BCUT2D eigenvalue weighted by atomic mass is 14.8. The number of nitrogens with zero attached hydrogens (tertiary/aromatic N) is 1. The summed E-state index contributed by atoms with van der Waals surface area (Å²) in [7, 11) is 0. The molecule has 0 unspecified atom stereocenters. The van der Waals surface area contributed by atoms with E-state index in [-0.39, 0.29) is 0 Å². The van der Waals surface area contributed by atoms with Gasteiger partial charge in [0.25, 0.3) is 0 Å². The number of amidine groups is 1. The lowest BCUT2D eigenvalue weighted by molar-refractivity contribution is 1.03. The van der Waals surface area contributed by atoms with Crippen LogP contribution in [-0.4, -0.2) is 5.84 Å². The van der Waals surface area contributed by atoms with Crippen LogP contribution in [0, 0.1) is 0 Å². The maximum absolute atomic E-state index is 5.81. The van der Waals surface area contributed by atoms with Crippen molar-refractivity contribution in [1.29, 1.82) is 0 Å². The summed E-state index contributed by atoms with van der Waals surface area (Å²) in [5, 5.41) is 0. The van der Waals surface area contributed by atoms with Gasteiger partial charge in [-0.05, 0) is 41.2 Å². The molecule has 0 saturated carbocycles. The number of nitrogens with two attached hydrogens (primary N) is 1. The highest BCUT2D eigenvalue weighted by Crippen LogP contribution is 2.22. The van der Waals surface area contributed by atoms with Crippen molar-refractivity contribution < 1.29 is 0 Å². The first-order valence-electron chi connectivity index (χ1n) is 5.88. The Bertz CT molecular complexity index is 456. The Morgan fingerprint density at radius 2 is 1.88 bits per heavy atom. The molecule has 1 aromatic carbocycles. The fourth-order valence-electron chi connectivity index (χ4n) is 2.18. The van der Waals surface area contributed by atoms with Crippen molar-refractivity contribution in [3.05, 3.63) is 40.6 Å². The predicted octanol–water partition coefficient (Wildman–Crippen LogP) is 2.70.